The molecule has 2 aromatic rings. The average molecular weight is 222 g/mol. The van der Waals surface area contributed by atoms with Crippen molar-refractivity contribution in [2.24, 2.45) is 5.73 Å². The number of aromatic nitrogens is 1. The average Bonchev–Trinajstić information content (AvgIpc) is 2.60. The second-order valence-corrected chi connectivity index (χ2v) is 4.65. The number of hydrogen-bond acceptors (Lipinski definition) is 4. The summed E-state index contributed by atoms with van der Waals surface area (Å²) in [5, 5.41) is 0.942. The summed E-state index contributed by atoms with van der Waals surface area (Å²) in [7, 11) is 1.65. The molecular weight excluding hydrogens is 208 g/mol. The molecule has 0 fully saturated rings. The molecule has 4 heteroatoms. The molecule has 0 radical (unpaired) electrons. The van der Waals surface area contributed by atoms with E-state index in [2.05, 4.69) is 30.1 Å². The van der Waals surface area contributed by atoms with Crippen LogP contribution in [-0.2, 0) is 4.74 Å². The van der Waals surface area contributed by atoms with E-state index in [4.69, 9.17) is 10.5 Å². The maximum atomic E-state index is 5.93. The summed E-state index contributed by atoms with van der Waals surface area (Å²) in [6.45, 7) is 2.58. The third-order valence-electron chi connectivity index (χ3n) is 2.22. The number of rotatable bonds is 3. The van der Waals surface area contributed by atoms with Crippen molar-refractivity contribution < 1.29 is 4.74 Å². The molecule has 0 saturated heterocycles. The van der Waals surface area contributed by atoms with Crippen molar-refractivity contribution in [2.75, 3.05) is 13.7 Å². The van der Waals surface area contributed by atoms with E-state index < -0.39 is 0 Å². The van der Waals surface area contributed by atoms with Gasteiger partial charge in [0.2, 0.25) is 0 Å². The Hall–Kier alpha value is -0.970. The minimum Gasteiger partial charge on any atom is -0.383 e. The largest absolute Gasteiger partial charge is 0.383 e. The summed E-state index contributed by atoms with van der Waals surface area (Å²) in [6.07, 6.45) is 0. The topological polar surface area (TPSA) is 48.1 Å². The van der Waals surface area contributed by atoms with Crippen molar-refractivity contribution in [3.63, 3.8) is 0 Å². The highest BCUT2D eigenvalue weighted by atomic mass is 32.1. The fourth-order valence-electron chi connectivity index (χ4n) is 1.46. The molecule has 0 spiro atoms. The quantitative estimate of drug-likeness (QED) is 0.866. The molecule has 1 unspecified atom stereocenters. The molecule has 2 rings (SSSR count). The van der Waals surface area contributed by atoms with Crippen LogP contribution < -0.4 is 5.73 Å². The second-order valence-electron chi connectivity index (χ2n) is 3.59. The van der Waals surface area contributed by atoms with Crippen molar-refractivity contribution in [1.82, 2.24) is 4.98 Å². The fraction of sp³-hybridized carbons (Fsp3) is 0.364. The lowest BCUT2D eigenvalue weighted by Gasteiger charge is -2.04. The Labute approximate surface area is 92.9 Å². The van der Waals surface area contributed by atoms with Gasteiger partial charge in [-0.3, -0.25) is 0 Å². The molecule has 0 aliphatic rings. The maximum absolute atomic E-state index is 5.93. The van der Waals surface area contributed by atoms with Gasteiger partial charge in [-0.05, 0) is 24.6 Å². The van der Waals surface area contributed by atoms with Gasteiger partial charge < -0.3 is 10.5 Å². The molecule has 3 nitrogen and oxygen atoms in total. The second kappa shape index (κ2) is 4.26. The first-order valence-electron chi connectivity index (χ1n) is 4.82. The summed E-state index contributed by atoms with van der Waals surface area (Å²) < 4.78 is 6.20. The first-order chi connectivity index (χ1) is 7.20. The maximum Gasteiger partial charge on any atom is 0.113 e. The Kier molecular flexibility index (Phi) is 3.00. The fourth-order valence-corrected chi connectivity index (χ4v) is 2.40. The molecule has 0 aliphatic heterocycles. The van der Waals surface area contributed by atoms with Gasteiger partial charge in [-0.15, -0.1) is 11.3 Å². The molecule has 0 aliphatic carbocycles. The molecule has 0 bridgehead atoms. The third kappa shape index (κ3) is 2.17. The summed E-state index contributed by atoms with van der Waals surface area (Å²) in [6, 6.07) is 6.14. The zero-order chi connectivity index (χ0) is 10.8. The van der Waals surface area contributed by atoms with E-state index in [0.717, 1.165) is 10.5 Å². The number of nitrogens with two attached hydrogens (primary N) is 1. The van der Waals surface area contributed by atoms with Crippen LogP contribution in [0.4, 0.5) is 0 Å². The number of ether oxygens (including phenoxy) is 1. The molecule has 1 aromatic carbocycles. The van der Waals surface area contributed by atoms with E-state index in [1.807, 2.05) is 0 Å². The van der Waals surface area contributed by atoms with Crippen molar-refractivity contribution in [3.05, 3.63) is 28.8 Å². The Morgan fingerprint density at radius 2 is 2.33 bits per heavy atom. The first-order valence-corrected chi connectivity index (χ1v) is 5.64. The molecule has 1 heterocycles. The van der Waals surface area contributed by atoms with Gasteiger partial charge in [0.15, 0.2) is 0 Å². The van der Waals surface area contributed by atoms with Crippen molar-refractivity contribution in [2.45, 2.75) is 13.0 Å². The van der Waals surface area contributed by atoms with Crippen LogP contribution in [-0.4, -0.2) is 18.7 Å². The normalized spacial score (nSPS) is 13.3. The van der Waals surface area contributed by atoms with Gasteiger partial charge >= 0.3 is 0 Å². The van der Waals surface area contributed by atoms with Crippen LogP contribution in [0, 0.1) is 6.92 Å². The summed E-state index contributed by atoms with van der Waals surface area (Å²) >= 11 is 1.64. The van der Waals surface area contributed by atoms with Crippen LogP contribution in [0.15, 0.2) is 18.2 Å². The Bertz CT molecular complexity index is 467. The van der Waals surface area contributed by atoms with Gasteiger partial charge in [-0.1, -0.05) is 6.07 Å². The van der Waals surface area contributed by atoms with Gasteiger partial charge in [0.05, 0.1) is 22.9 Å². The Morgan fingerprint density at radius 3 is 3.07 bits per heavy atom. The number of thiazole rings is 1. The van der Waals surface area contributed by atoms with Gasteiger partial charge in [-0.2, -0.15) is 0 Å². The molecule has 15 heavy (non-hydrogen) atoms. The third-order valence-corrected chi connectivity index (χ3v) is 3.39. The predicted octanol–water partition coefficient (Wildman–Crippen LogP) is 2.25. The number of hydrogen-bond donors (Lipinski definition) is 1. The summed E-state index contributed by atoms with van der Waals surface area (Å²) in [4.78, 5) is 4.51. The lowest BCUT2D eigenvalue weighted by Crippen LogP contribution is -2.15. The SMILES string of the molecule is COCC(N)c1nc2cc(C)ccc2s1. The van der Waals surface area contributed by atoms with Crippen LogP contribution in [0.3, 0.4) is 0 Å². The smallest absolute Gasteiger partial charge is 0.113 e. The van der Waals surface area contributed by atoms with Crippen molar-refractivity contribution >= 4 is 21.6 Å². The molecule has 0 amide bonds. The highest BCUT2D eigenvalue weighted by molar-refractivity contribution is 7.18. The minimum atomic E-state index is -0.118. The van der Waals surface area contributed by atoms with Crippen molar-refractivity contribution in [3.8, 4) is 0 Å². The molecular formula is C11H14N2OS. The van der Waals surface area contributed by atoms with Crippen LogP contribution in [0.1, 0.15) is 16.6 Å². The van der Waals surface area contributed by atoms with E-state index in [1.165, 1.54) is 10.3 Å². The van der Waals surface area contributed by atoms with Crippen molar-refractivity contribution in [1.29, 1.82) is 0 Å². The van der Waals surface area contributed by atoms with Crippen LogP contribution in [0.25, 0.3) is 10.2 Å². The predicted molar refractivity (Wildman–Crippen MR) is 63.2 cm³/mol. The van der Waals surface area contributed by atoms with Gasteiger partial charge in [0.25, 0.3) is 0 Å². The number of aryl methyl sites for hydroxylation is 1. The number of benzene rings is 1. The zero-order valence-corrected chi connectivity index (χ0v) is 9.67. The number of methoxy groups -OCH3 is 1. The van der Waals surface area contributed by atoms with E-state index >= 15 is 0 Å². The van der Waals surface area contributed by atoms with Gasteiger partial charge in [0.1, 0.15) is 5.01 Å². The molecule has 1 atom stereocenters. The molecule has 0 saturated carbocycles. The number of fused-ring (bicyclic) bond motifs is 1. The monoisotopic (exact) mass is 222 g/mol. The van der Waals surface area contributed by atoms with Gasteiger partial charge in [0, 0.05) is 7.11 Å². The highest BCUT2D eigenvalue weighted by Gasteiger charge is 2.11. The molecule has 1 aromatic heterocycles. The van der Waals surface area contributed by atoms with E-state index in [9.17, 15) is 0 Å². The molecule has 2 N–H and O–H groups in total. The Balaban J connectivity index is 2.38. The summed E-state index contributed by atoms with van der Waals surface area (Å²) in [5.74, 6) is 0. The lowest BCUT2D eigenvalue weighted by molar-refractivity contribution is 0.181. The first kappa shape index (κ1) is 10.5. The van der Waals surface area contributed by atoms with Gasteiger partial charge in [-0.25, -0.2) is 4.98 Å². The minimum absolute atomic E-state index is 0.118. The Morgan fingerprint density at radius 1 is 1.53 bits per heavy atom. The lowest BCUT2D eigenvalue weighted by atomic mass is 10.2. The molecule has 80 valence electrons. The van der Waals surface area contributed by atoms with Crippen LogP contribution in [0.5, 0.6) is 0 Å². The number of nitrogens with zero attached hydrogens (tertiary/aromatic N) is 1. The summed E-state index contributed by atoms with van der Waals surface area (Å²) in [5.41, 5.74) is 8.18. The van der Waals surface area contributed by atoms with E-state index in [1.54, 1.807) is 18.4 Å². The standard InChI is InChI=1S/C11H14N2OS/c1-7-3-4-10-9(5-7)13-11(15-10)8(12)6-14-2/h3-5,8H,6,12H2,1-2H3. The van der Waals surface area contributed by atoms with E-state index in [-0.39, 0.29) is 6.04 Å². The van der Waals surface area contributed by atoms with Crippen LogP contribution in [0.2, 0.25) is 0 Å². The van der Waals surface area contributed by atoms with E-state index in [0.29, 0.717) is 6.61 Å². The zero-order valence-electron chi connectivity index (χ0n) is 8.86. The highest BCUT2D eigenvalue weighted by Crippen LogP contribution is 2.26. The van der Waals surface area contributed by atoms with Crippen LogP contribution >= 0.6 is 11.3 Å².